The van der Waals surface area contributed by atoms with E-state index in [2.05, 4.69) is 26.0 Å². The van der Waals surface area contributed by atoms with E-state index >= 15 is 0 Å². The van der Waals surface area contributed by atoms with Crippen LogP contribution in [0.3, 0.4) is 0 Å². The fourth-order valence-corrected chi connectivity index (χ4v) is 2.57. The highest BCUT2D eigenvalue weighted by Gasteiger charge is 2.12. The molecule has 1 aromatic heterocycles. The molecular weight excluding hydrogens is 446 g/mol. The van der Waals surface area contributed by atoms with Crippen molar-refractivity contribution in [3.05, 3.63) is 109 Å². The summed E-state index contributed by atoms with van der Waals surface area (Å²) in [6, 6.07) is 15.5. The first-order valence-electron chi connectivity index (χ1n) is 9.46. The number of benzene rings is 2. The summed E-state index contributed by atoms with van der Waals surface area (Å²) < 4.78 is 0. The summed E-state index contributed by atoms with van der Waals surface area (Å²) in [4.78, 5) is 49.0. The lowest BCUT2D eigenvalue weighted by atomic mass is 10.2. The van der Waals surface area contributed by atoms with Crippen LogP contribution in [0.1, 0.15) is 32.1 Å². The molecule has 2 N–H and O–H groups in total. The highest BCUT2D eigenvalue weighted by molar-refractivity contribution is 5.97. The summed E-state index contributed by atoms with van der Waals surface area (Å²) in [5.74, 6) is -1.42. The Balaban J connectivity index is 1.61. The third-order valence-electron chi connectivity index (χ3n) is 4.14. The number of carbonyl (C=O) groups is 2. The van der Waals surface area contributed by atoms with E-state index in [1.54, 1.807) is 12.1 Å². The number of non-ortho nitro benzene ring substituents is 2. The number of nitro benzene ring substituents is 2. The molecule has 0 aliphatic carbocycles. The Kier molecular flexibility index (Phi) is 7.42. The molecule has 13 nitrogen and oxygen atoms in total. The summed E-state index contributed by atoms with van der Waals surface area (Å²) in [6.45, 7) is 0. The van der Waals surface area contributed by atoms with Crippen LogP contribution in [-0.2, 0) is 0 Å². The lowest BCUT2D eigenvalue weighted by molar-refractivity contribution is -0.385. The molecule has 0 spiro atoms. The second kappa shape index (κ2) is 10.8. The zero-order valence-corrected chi connectivity index (χ0v) is 17.2. The van der Waals surface area contributed by atoms with Gasteiger partial charge >= 0.3 is 0 Å². The zero-order valence-electron chi connectivity index (χ0n) is 17.2. The van der Waals surface area contributed by atoms with Gasteiger partial charge in [-0.15, -0.1) is 0 Å². The van der Waals surface area contributed by atoms with Gasteiger partial charge in [-0.05, 0) is 12.1 Å². The van der Waals surface area contributed by atoms with Crippen LogP contribution in [0.5, 0.6) is 0 Å². The van der Waals surface area contributed by atoms with Gasteiger partial charge in [0.25, 0.3) is 23.2 Å². The van der Waals surface area contributed by atoms with Crippen molar-refractivity contribution in [1.29, 1.82) is 0 Å². The molecule has 2 amide bonds. The fraction of sp³-hybridized carbons (Fsp3) is 0. The van der Waals surface area contributed by atoms with Crippen LogP contribution >= 0.6 is 0 Å². The number of aromatic nitrogens is 1. The monoisotopic (exact) mass is 461 g/mol. The number of nitrogens with one attached hydrogen (secondary N) is 2. The third-order valence-corrected chi connectivity index (χ3v) is 4.14. The summed E-state index contributed by atoms with van der Waals surface area (Å²) >= 11 is 0. The maximum atomic E-state index is 12.3. The minimum Gasteiger partial charge on any atom is -0.266 e. The lowest BCUT2D eigenvalue weighted by Gasteiger charge is -2.03. The molecule has 170 valence electrons. The molecule has 0 radical (unpaired) electrons. The van der Waals surface area contributed by atoms with Crippen molar-refractivity contribution >= 4 is 35.6 Å². The number of rotatable bonds is 8. The van der Waals surface area contributed by atoms with E-state index in [4.69, 9.17) is 0 Å². The molecule has 0 aliphatic heterocycles. The second-order valence-corrected chi connectivity index (χ2v) is 6.51. The highest BCUT2D eigenvalue weighted by atomic mass is 16.6. The van der Waals surface area contributed by atoms with Crippen LogP contribution in [0.25, 0.3) is 0 Å². The summed E-state index contributed by atoms with van der Waals surface area (Å²) in [6.07, 6.45) is 2.45. The van der Waals surface area contributed by atoms with Gasteiger partial charge in [0.05, 0.1) is 22.3 Å². The minimum absolute atomic E-state index is 0.105. The molecule has 0 bridgehead atoms. The zero-order chi connectivity index (χ0) is 24.5. The lowest BCUT2D eigenvalue weighted by Crippen LogP contribution is -2.23. The molecule has 0 atom stereocenters. The Hall–Kier alpha value is -5.33. The Morgan fingerprint density at radius 2 is 1.15 bits per heavy atom. The average Bonchev–Trinajstić information content (AvgIpc) is 2.84. The van der Waals surface area contributed by atoms with Crippen LogP contribution < -0.4 is 10.9 Å². The predicted octanol–water partition coefficient (Wildman–Crippen LogP) is 2.43. The molecule has 0 aliphatic rings. The Bertz CT molecular complexity index is 1230. The van der Waals surface area contributed by atoms with E-state index in [0.29, 0.717) is 11.1 Å². The number of amides is 2. The van der Waals surface area contributed by atoms with Gasteiger partial charge in [-0.1, -0.05) is 30.3 Å². The largest absolute Gasteiger partial charge is 0.289 e. The van der Waals surface area contributed by atoms with Crippen molar-refractivity contribution in [2.24, 2.45) is 10.2 Å². The van der Waals surface area contributed by atoms with Crippen LogP contribution in [0.4, 0.5) is 11.4 Å². The Morgan fingerprint density at radius 3 is 1.56 bits per heavy atom. The highest BCUT2D eigenvalue weighted by Crippen LogP contribution is 2.12. The molecular formula is C21H15N7O6. The fourth-order valence-electron chi connectivity index (χ4n) is 2.57. The first-order chi connectivity index (χ1) is 16.3. The number of pyridine rings is 1. The molecule has 0 saturated heterocycles. The SMILES string of the molecule is O=C(NN=Cc1cccc([N+](=O)[O-])c1)c1cccc(C(=O)NN=Cc2cccc([N+](=O)[O-])c2)n1. The topological polar surface area (TPSA) is 182 Å². The van der Waals surface area contributed by atoms with Crippen LogP contribution in [0, 0.1) is 20.2 Å². The normalized spacial score (nSPS) is 10.8. The molecule has 3 aromatic rings. The van der Waals surface area contributed by atoms with Gasteiger partial charge in [0.2, 0.25) is 0 Å². The van der Waals surface area contributed by atoms with E-state index in [-0.39, 0.29) is 22.8 Å². The standard InChI is InChI=1S/C21H15N7O6/c29-20(25-22-12-14-4-1-6-16(10-14)27(31)32)18-8-3-9-19(24-18)21(30)26-23-13-15-5-2-7-17(11-15)28(33)34/h1-13H,(H,25,29)(H,26,30). The Morgan fingerprint density at radius 1 is 0.735 bits per heavy atom. The number of hydrazone groups is 2. The van der Waals surface area contributed by atoms with Gasteiger partial charge in [-0.3, -0.25) is 29.8 Å². The van der Waals surface area contributed by atoms with Gasteiger partial charge in [0.1, 0.15) is 11.4 Å². The second-order valence-electron chi connectivity index (χ2n) is 6.51. The van der Waals surface area contributed by atoms with Crippen molar-refractivity contribution in [3.8, 4) is 0 Å². The molecule has 0 unspecified atom stereocenters. The molecule has 34 heavy (non-hydrogen) atoms. The molecule has 0 fully saturated rings. The maximum absolute atomic E-state index is 12.3. The maximum Gasteiger partial charge on any atom is 0.289 e. The van der Waals surface area contributed by atoms with E-state index in [0.717, 1.165) is 0 Å². The predicted molar refractivity (Wildman–Crippen MR) is 121 cm³/mol. The van der Waals surface area contributed by atoms with E-state index in [9.17, 15) is 29.8 Å². The van der Waals surface area contributed by atoms with Crippen molar-refractivity contribution in [1.82, 2.24) is 15.8 Å². The van der Waals surface area contributed by atoms with Gasteiger partial charge in [0.15, 0.2) is 0 Å². The average molecular weight is 461 g/mol. The molecule has 13 heteroatoms. The van der Waals surface area contributed by atoms with Crippen molar-refractivity contribution in [3.63, 3.8) is 0 Å². The molecule has 3 rings (SSSR count). The van der Waals surface area contributed by atoms with Gasteiger partial charge in [-0.25, -0.2) is 15.8 Å². The van der Waals surface area contributed by atoms with E-state index in [1.807, 2.05) is 0 Å². The van der Waals surface area contributed by atoms with Crippen LogP contribution in [-0.4, -0.2) is 39.1 Å². The number of nitro groups is 2. The Labute approximate surface area is 191 Å². The van der Waals surface area contributed by atoms with Gasteiger partial charge < -0.3 is 0 Å². The van der Waals surface area contributed by atoms with E-state index < -0.39 is 21.7 Å². The summed E-state index contributed by atoms with van der Waals surface area (Å²) in [5.41, 5.74) is 4.79. The van der Waals surface area contributed by atoms with Gasteiger partial charge in [0, 0.05) is 35.4 Å². The summed E-state index contributed by atoms with van der Waals surface area (Å²) in [5, 5.41) is 29.1. The van der Waals surface area contributed by atoms with Crippen molar-refractivity contribution in [2.45, 2.75) is 0 Å². The first kappa shape index (κ1) is 23.3. The summed E-state index contributed by atoms with van der Waals surface area (Å²) in [7, 11) is 0. The number of hydrogen-bond acceptors (Lipinski definition) is 9. The minimum atomic E-state index is -0.712. The van der Waals surface area contributed by atoms with Crippen LogP contribution in [0.2, 0.25) is 0 Å². The number of carbonyl (C=O) groups excluding carboxylic acids is 2. The van der Waals surface area contributed by atoms with E-state index in [1.165, 1.54) is 67.0 Å². The van der Waals surface area contributed by atoms with Crippen LogP contribution in [0.15, 0.2) is 76.9 Å². The smallest absolute Gasteiger partial charge is 0.266 e. The first-order valence-corrected chi connectivity index (χ1v) is 9.46. The molecule has 1 heterocycles. The number of hydrogen-bond donors (Lipinski definition) is 2. The van der Waals surface area contributed by atoms with Crippen molar-refractivity contribution < 1.29 is 19.4 Å². The molecule has 0 saturated carbocycles. The quantitative estimate of drug-likeness (QED) is 0.293. The molecule has 2 aromatic carbocycles. The third kappa shape index (κ3) is 6.34. The van der Waals surface area contributed by atoms with Gasteiger partial charge in [-0.2, -0.15) is 10.2 Å². The van der Waals surface area contributed by atoms with Crippen molar-refractivity contribution in [2.75, 3.05) is 0 Å². The number of nitrogens with zero attached hydrogens (tertiary/aromatic N) is 5.